The zero-order chi connectivity index (χ0) is 29.1. The van der Waals surface area contributed by atoms with E-state index < -0.39 is 0 Å². The average molecular weight is 539 g/mol. The molecule has 0 radical (unpaired) electrons. The average Bonchev–Trinajstić information content (AvgIpc) is 3.21. The van der Waals surface area contributed by atoms with Crippen molar-refractivity contribution in [3.8, 4) is 0 Å². The zero-order valence-corrected chi connectivity index (χ0v) is 26.2. The summed E-state index contributed by atoms with van der Waals surface area (Å²) in [6, 6.07) is 23.3. The first kappa shape index (κ1) is 26.3. The Morgan fingerprint density at radius 2 is 1.37 bits per heavy atom. The summed E-state index contributed by atoms with van der Waals surface area (Å²) in [7, 11) is 0. The first-order valence-corrected chi connectivity index (χ1v) is 15.2. The van der Waals surface area contributed by atoms with E-state index in [9.17, 15) is 0 Å². The number of rotatable bonds is 2. The van der Waals surface area contributed by atoms with Gasteiger partial charge in [0.15, 0.2) is 0 Å². The highest BCUT2D eigenvalue weighted by molar-refractivity contribution is 6.29. The van der Waals surface area contributed by atoms with Crippen LogP contribution in [0.5, 0.6) is 0 Å². The van der Waals surface area contributed by atoms with Gasteiger partial charge in [-0.1, -0.05) is 98.7 Å². The summed E-state index contributed by atoms with van der Waals surface area (Å²) in [6.07, 6.45) is 4.06. The van der Waals surface area contributed by atoms with Crippen LogP contribution in [0.25, 0.3) is 59.8 Å². The van der Waals surface area contributed by atoms with Crippen LogP contribution in [0, 0.1) is 10.8 Å². The minimum atomic E-state index is 0.00787. The van der Waals surface area contributed by atoms with Crippen LogP contribution in [-0.4, -0.2) is 9.38 Å². The van der Waals surface area contributed by atoms with Crippen molar-refractivity contribution in [1.82, 2.24) is 9.38 Å². The monoisotopic (exact) mass is 538 g/mol. The van der Waals surface area contributed by atoms with E-state index in [0.29, 0.717) is 0 Å². The SMILES string of the molecule is CC(C)(C)Cc1ccc2c(CC(C)(C)C)c3c(cc2c1)c1nccc2cc(C(C)(C)C)c4c5ccccc5n3c4c21. The van der Waals surface area contributed by atoms with Crippen molar-refractivity contribution < 1.29 is 0 Å². The van der Waals surface area contributed by atoms with Crippen molar-refractivity contribution >= 4 is 59.8 Å². The van der Waals surface area contributed by atoms with Crippen molar-refractivity contribution in [3.63, 3.8) is 0 Å². The molecular formula is C39H42N2. The molecule has 0 fully saturated rings. The van der Waals surface area contributed by atoms with Gasteiger partial charge in [-0.15, -0.1) is 0 Å². The van der Waals surface area contributed by atoms with E-state index in [1.54, 1.807) is 0 Å². The van der Waals surface area contributed by atoms with Gasteiger partial charge < -0.3 is 4.40 Å². The molecule has 0 unspecified atom stereocenters. The standard InChI is InChI=1S/C39H42N2/c1-37(2,3)21-23-14-15-26-25(18-23)19-28-34-32-24(16-17-40-34)20-30(39(7,8)9)33-27-12-10-11-13-31(27)41(36(32)33)35(28)29(26)22-38(4,5)6/h10-20H,21-22H2,1-9H3. The molecule has 4 aromatic carbocycles. The lowest BCUT2D eigenvalue weighted by Crippen LogP contribution is -2.13. The minimum absolute atomic E-state index is 0.00787. The minimum Gasteiger partial charge on any atom is -0.308 e. The van der Waals surface area contributed by atoms with Gasteiger partial charge in [0.2, 0.25) is 0 Å². The van der Waals surface area contributed by atoms with Crippen LogP contribution in [0.2, 0.25) is 0 Å². The molecule has 0 atom stereocenters. The number of aromatic nitrogens is 2. The fourth-order valence-corrected chi connectivity index (χ4v) is 7.24. The number of hydrogen-bond acceptors (Lipinski definition) is 1. The van der Waals surface area contributed by atoms with Crippen LogP contribution in [0.3, 0.4) is 0 Å². The highest BCUT2D eigenvalue weighted by Crippen LogP contribution is 2.47. The largest absolute Gasteiger partial charge is 0.308 e. The van der Waals surface area contributed by atoms with E-state index >= 15 is 0 Å². The predicted octanol–water partition coefficient (Wildman–Crippen LogP) is 11.0. The lowest BCUT2D eigenvalue weighted by Gasteiger charge is -2.25. The number of nitrogens with zero attached hydrogens (tertiary/aromatic N) is 2. The highest BCUT2D eigenvalue weighted by atomic mass is 14.9. The number of pyridine rings is 2. The fraction of sp³-hybridized carbons (Fsp3) is 0.359. The van der Waals surface area contributed by atoms with Gasteiger partial charge in [0.1, 0.15) is 0 Å². The molecule has 3 aromatic heterocycles. The molecule has 0 N–H and O–H groups in total. The molecule has 41 heavy (non-hydrogen) atoms. The molecule has 0 saturated carbocycles. The molecule has 0 aliphatic heterocycles. The number of hydrogen-bond donors (Lipinski definition) is 0. The van der Waals surface area contributed by atoms with E-state index in [1.165, 1.54) is 70.9 Å². The normalized spacial score (nSPS) is 13.7. The van der Waals surface area contributed by atoms with E-state index in [0.717, 1.165) is 18.4 Å². The third kappa shape index (κ3) is 4.09. The van der Waals surface area contributed by atoms with Crippen LogP contribution in [-0.2, 0) is 18.3 Å². The van der Waals surface area contributed by atoms with Gasteiger partial charge in [0.25, 0.3) is 0 Å². The first-order valence-electron chi connectivity index (χ1n) is 15.2. The molecule has 7 aromatic rings. The summed E-state index contributed by atoms with van der Waals surface area (Å²) in [5.74, 6) is 0. The summed E-state index contributed by atoms with van der Waals surface area (Å²) >= 11 is 0. The molecule has 0 bridgehead atoms. The van der Waals surface area contributed by atoms with Crippen LogP contribution in [0.15, 0.2) is 66.9 Å². The zero-order valence-electron chi connectivity index (χ0n) is 26.2. The Labute approximate surface area is 243 Å². The summed E-state index contributed by atoms with van der Waals surface area (Å²) in [6.45, 7) is 21.1. The maximum atomic E-state index is 5.14. The van der Waals surface area contributed by atoms with Gasteiger partial charge in [-0.3, -0.25) is 4.98 Å². The lowest BCUT2D eigenvalue weighted by molar-refractivity contribution is 0.411. The van der Waals surface area contributed by atoms with Crippen LogP contribution in [0.4, 0.5) is 0 Å². The van der Waals surface area contributed by atoms with E-state index in [4.69, 9.17) is 4.98 Å². The summed E-state index contributed by atoms with van der Waals surface area (Å²) in [5, 5.41) is 9.22. The number of fused-ring (bicyclic) bond motifs is 7. The molecule has 7 rings (SSSR count). The van der Waals surface area contributed by atoms with Gasteiger partial charge in [-0.05, 0) is 86.2 Å². The Balaban J connectivity index is 1.78. The molecule has 3 heterocycles. The van der Waals surface area contributed by atoms with Crippen molar-refractivity contribution in [2.75, 3.05) is 0 Å². The molecule has 0 amide bonds. The molecule has 0 spiro atoms. The van der Waals surface area contributed by atoms with E-state index in [-0.39, 0.29) is 16.2 Å². The van der Waals surface area contributed by atoms with Crippen molar-refractivity contribution in [2.24, 2.45) is 10.8 Å². The van der Waals surface area contributed by atoms with Gasteiger partial charge in [0.05, 0.1) is 22.1 Å². The van der Waals surface area contributed by atoms with Gasteiger partial charge in [-0.25, -0.2) is 0 Å². The van der Waals surface area contributed by atoms with Gasteiger partial charge in [-0.2, -0.15) is 0 Å². The molecule has 2 nitrogen and oxygen atoms in total. The molecule has 208 valence electrons. The molecule has 0 aliphatic rings. The second-order valence-corrected chi connectivity index (χ2v) is 15.8. The Kier molecular flexibility index (Phi) is 5.41. The van der Waals surface area contributed by atoms with E-state index in [2.05, 4.69) is 127 Å². The summed E-state index contributed by atoms with van der Waals surface area (Å²) < 4.78 is 2.61. The molecule has 0 saturated heterocycles. The summed E-state index contributed by atoms with van der Waals surface area (Å²) in [4.78, 5) is 5.14. The topological polar surface area (TPSA) is 17.3 Å². The van der Waals surface area contributed by atoms with Crippen molar-refractivity contribution in [3.05, 3.63) is 83.6 Å². The van der Waals surface area contributed by atoms with Gasteiger partial charge in [0, 0.05) is 27.7 Å². The van der Waals surface area contributed by atoms with Gasteiger partial charge >= 0.3 is 0 Å². The van der Waals surface area contributed by atoms with E-state index in [1.807, 2.05) is 6.20 Å². The second kappa shape index (κ2) is 8.44. The van der Waals surface area contributed by atoms with Crippen LogP contribution < -0.4 is 0 Å². The molecule has 0 aliphatic carbocycles. The Morgan fingerprint density at radius 3 is 2.07 bits per heavy atom. The quantitative estimate of drug-likeness (QED) is 0.158. The lowest BCUT2D eigenvalue weighted by atomic mass is 9.81. The maximum absolute atomic E-state index is 5.14. The first-order chi connectivity index (χ1) is 19.2. The maximum Gasteiger partial charge on any atom is 0.0823 e. The Hall–Kier alpha value is -3.65. The smallest absolute Gasteiger partial charge is 0.0823 e. The molecule has 2 heteroatoms. The number of para-hydroxylation sites is 1. The third-order valence-electron chi connectivity index (χ3n) is 8.67. The summed E-state index contributed by atoms with van der Waals surface area (Å²) in [5.41, 5.74) is 9.66. The Morgan fingerprint density at radius 1 is 0.634 bits per heavy atom. The van der Waals surface area contributed by atoms with Crippen molar-refractivity contribution in [2.45, 2.75) is 80.6 Å². The number of benzene rings is 4. The third-order valence-corrected chi connectivity index (χ3v) is 8.67. The van der Waals surface area contributed by atoms with Crippen molar-refractivity contribution in [1.29, 1.82) is 0 Å². The fourth-order valence-electron chi connectivity index (χ4n) is 7.24. The highest BCUT2D eigenvalue weighted by Gasteiger charge is 2.28. The van der Waals surface area contributed by atoms with Crippen LogP contribution >= 0.6 is 0 Å². The predicted molar refractivity (Wildman–Crippen MR) is 179 cm³/mol. The Bertz CT molecular complexity index is 2140. The molecular weight excluding hydrogens is 496 g/mol. The van der Waals surface area contributed by atoms with Crippen LogP contribution in [0.1, 0.15) is 79.0 Å². The second-order valence-electron chi connectivity index (χ2n) is 15.8.